The number of hydrogen-bond acceptors (Lipinski definition) is 5. The normalized spacial score (nSPS) is 16.6. The van der Waals surface area contributed by atoms with Crippen LogP contribution in [0.5, 0.6) is 0 Å². The summed E-state index contributed by atoms with van der Waals surface area (Å²) in [5, 5.41) is 2.97. The lowest BCUT2D eigenvalue weighted by molar-refractivity contribution is -0.116. The number of aromatic nitrogens is 1. The van der Waals surface area contributed by atoms with Gasteiger partial charge in [-0.1, -0.05) is 6.07 Å². The summed E-state index contributed by atoms with van der Waals surface area (Å²) in [5.74, 6) is 0.910. The van der Waals surface area contributed by atoms with Crippen LogP contribution in [0.25, 0.3) is 0 Å². The van der Waals surface area contributed by atoms with Gasteiger partial charge in [0.2, 0.25) is 5.91 Å². The number of carbonyl (C=O) groups excluding carboxylic acids is 2. The van der Waals surface area contributed by atoms with E-state index in [1.54, 1.807) is 17.9 Å². The van der Waals surface area contributed by atoms with Gasteiger partial charge in [-0.25, -0.2) is 4.98 Å². The monoisotopic (exact) mass is 393 g/mol. The van der Waals surface area contributed by atoms with E-state index in [9.17, 15) is 9.59 Å². The Morgan fingerprint density at radius 1 is 1.07 bits per heavy atom. The standard InChI is InChI=1S/C22H27N5O2/c1-16(28)27-8-7-18-13-19(4-5-20(18)27)22(29)24-15-17-3-6-21(23-14-17)26-11-9-25(2)10-12-26/h3-6,13-14H,7-12,15H2,1-2H3,(H,24,29). The second-order valence-corrected chi connectivity index (χ2v) is 7.76. The number of benzene rings is 1. The highest BCUT2D eigenvalue weighted by atomic mass is 16.2. The number of hydrogen-bond donors (Lipinski definition) is 1. The van der Waals surface area contributed by atoms with Crippen molar-refractivity contribution in [1.29, 1.82) is 0 Å². The first-order valence-corrected chi connectivity index (χ1v) is 10.1. The first kappa shape index (κ1) is 19.4. The highest BCUT2D eigenvalue weighted by Gasteiger charge is 2.23. The summed E-state index contributed by atoms with van der Waals surface area (Å²) in [6.07, 6.45) is 2.62. The van der Waals surface area contributed by atoms with Gasteiger partial charge in [-0.05, 0) is 48.9 Å². The summed E-state index contributed by atoms with van der Waals surface area (Å²) in [6.45, 7) is 6.75. The number of rotatable bonds is 4. The Bertz CT molecular complexity index is 904. The Balaban J connectivity index is 1.35. The minimum absolute atomic E-state index is 0.0356. The minimum Gasteiger partial charge on any atom is -0.354 e. The van der Waals surface area contributed by atoms with E-state index in [1.165, 1.54) is 0 Å². The maximum Gasteiger partial charge on any atom is 0.251 e. The molecule has 7 nitrogen and oxygen atoms in total. The Morgan fingerprint density at radius 3 is 2.55 bits per heavy atom. The lowest BCUT2D eigenvalue weighted by Crippen LogP contribution is -2.44. The first-order valence-electron chi connectivity index (χ1n) is 10.1. The predicted molar refractivity (Wildman–Crippen MR) is 113 cm³/mol. The van der Waals surface area contributed by atoms with Gasteiger partial charge in [0.25, 0.3) is 5.91 Å². The molecule has 3 heterocycles. The summed E-state index contributed by atoms with van der Waals surface area (Å²) in [6, 6.07) is 9.59. The van der Waals surface area contributed by atoms with Gasteiger partial charge in [0.1, 0.15) is 5.82 Å². The third kappa shape index (κ3) is 4.24. The van der Waals surface area contributed by atoms with Crippen molar-refractivity contribution in [2.45, 2.75) is 19.9 Å². The molecule has 0 aliphatic carbocycles. The van der Waals surface area contributed by atoms with E-state index in [4.69, 9.17) is 0 Å². The zero-order chi connectivity index (χ0) is 20.4. The number of pyridine rings is 1. The smallest absolute Gasteiger partial charge is 0.251 e. The summed E-state index contributed by atoms with van der Waals surface area (Å²) >= 11 is 0. The van der Waals surface area contributed by atoms with E-state index in [-0.39, 0.29) is 11.8 Å². The van der Waals surface area contributed by atoms with Crippen molar-refractivity contribution in [3.8, 4) is 0 Å². The maximum atomic E-state index is 12.6. The van der Waals surface area contributed by atoms with Crippen LogP contribution in [-0.2, 0) is 17.8 Å². The SMILES string of the molecule is CC(=O)N1CCc2cc(C(=O)NCc3ccc(N4CCN(C)CC4)nc3)ccc21. The number of amides is 2. The molecule has 1 aromatic carbocycles. The summed E-state index contributed by atoms with van der Waals surface area (Å²) in [4.78, 5) is 35.1. The number of anilines is 2. The number of likely N-dealkylation sites (N-methyl/N-ethyl adjacent to an activating group) is 1. The molecule has 29 heavy (non-hydrogen) atoms. The van der Waals surface area contributed by atoms with Gasteiger partial charge >= 0.3 is 0 Å². The Kier molecular flexibility index (Phi) is 5.49. The van der Waals surface area contributed by atoms with Crippen LogP contribution in [0.4, 0.5) is 11.5 Å². The van der Waals surface area contributed by atoms with Crippen LogP contribution in [0.1, 0.15) is 28.4 Å². The lowest BCUT2D eigenvalue weighted by atomic mass is 10.1. The fraction of sp³-hybridized carbons (Fsp3) is 0.409. The molecule has 1 saturated heterocycles. The average Bonchev–Trinajstić information content (AvgIpc) is 3.16. The summed E-state index contributed by atoms with van der Waals surface area (Å²) in [5.41, 5.74) is 3.56. The fourth-order valence-corrected chi connectivity index (χ4v) is 3.90. The highest BCUT2D eigenvalue weighted by Crippen LogP contribution is 2.28. The van der Waals surface area contributed by atoms with E-state index in [2.05, 4.69) is 27.1 Å². The quantitative estimate of drug-likeness (QED) is 0.856. The Hall–Kier alpha value is -2.93. The van der Waals surface area contributed by atoms with E-state index < -0.39 is 0 Å². The Labute approximate surface area is 171 Å². The predicted octanol–water partition coefficient (Wildman–Crippen LogP) is 1.67. The molecule has 0 atom stereocenters. The molecule has 7 heteroatoms. The van der Waals surface area contributed by atoms with Gasteiger partial charge in [-0.2, -0.15) is 0 Å². The van der Waals surface area contributed by atoms with Crippen LogP contribution in [0.15, 0.2) is 36.5 Å². The van der Waals surface area contributed by atoms with Crippen LogP contribution in [0, 0.1) is 0 Å². The first-order chi connectivity index (χ1) is 14.0. The summed E-state index contributed by atoms with van der Waals surface area (Å²) in [7, 11) is 2.14. The maximum absolute atomic E-state index is 12.6. The molecule has 2 aromatic rings. The molecule has 2 aliphatic heterocycles. The highest BCUT2D eigenvalue weighted by molar-refractivity contribution is 5.97. The number of nitrogens with zero attached hydrogens (tertiary/aromatic N) is 4. The molecule has 1 fully saturated rings. The number of piperazine rings is 1. The molecule has 0 radical (unpaired) electrons. The molecular formula is C22H27N5O2. The molecule has 2 amide bonds. The van der Waals surface area contributed by atoms with E-state index in [0.717, 1.165) is 55.2 Å². The minimum atomic E-state index is -0.114. The molecule has 4 rings (SSSR count). The largest absolute Gasteiger partial charge is 0.354 e. The molecule has 0 unspecified atom stereocenters. The molecule has 0 spiro atoms. The Morgan fingerprint density at radius 2 is 1.86 bits per heavy atom. The van der Waals surface area contributed by atoms with Crippen molar-refractivity contribution in [2.24, 2.45) is 0 Å². The molecule has 0 bridgehead atoms. The number of nitrogens with one attached hydrogen (secondary N) is 1. The van der Waals surface area contributed by atoms with Crippen molar-refractivity contribution >= 4 is 23.3 Å². The van der Waals surface area contributed by atoms with Gasteiger partial charge in [0.05, 0.1) is 0 Å². The topological polar surface area (TPSA) is 68.8 Å². The summed E-state index contributed by atoms with van der Waals surface area (Å²) < 4.78 is 0. The van der Waals surface area contributed by atoms with Crippen LogP contribution >= 0.6 is 0 Å². The van der Waals surface area contributed by atoms with Crippen LogP contribution in [0.2, 0.25) is 0 Å². The van der Waals surface area contributed by atoms with Gasteiger partial charge in [-0.15, -0.1) is 0 Å². The second kappa shape index (κ2) is 8.21. The zero-order valence-corrected chi connectivity index (χ0v) is 17.0. The van der Waals surface area contributed by atoms with Crippen molar-refractivity contribution in [2.75, 3.05) is 49.6 Å². The third-order valence-electron chi connectivity index (χ3n) is 5.71. The van der Waals surface area contributed by atoms with Crippen molar-refractivity contribution in [3.05, 3.63) is 53.2 Å². The van der Waals surface area contributed by atoms with Crippen LogP contribution in [0.3, 0.4) is 0 Å². The number of carbonyl (C=O) groups is 2. The van der Waals surface area contributed by atoms with Crippen molar-refractivity contribution < 1.29 is 9.59 Å². The van der Waals surface area contributed by atoms with E-state index >= 15 is 0 Å². The molecule has 1 aromatic heterocycles. The van der Waals surface area contributed by atoms with Gasteiger partial charge in [0, 0.05) is 63.6 Å². The fourth-order valence-electron chi connectivity index (χ4n) is 3.90. The van der Waals surface area contributed by atoms with Gasteiger partial charge < -0.3 is 20.0 Å². The van der Waals surface area contributed by atoms with Crippen LogP contribution < -0.4 is 15.1 Å². The average molecular weight is 393 g/mol. The lowest BCUT2D eigenvalue weighted by Gasteiger charge is -2.33. The van der Waals surface area contributed by atoms with Gasteiger partial charge in [-0.3, -0.25) is 9.59 Å². The second-order valence-electron chi connectivity index (χ2n) is 7.76. The molecule has 0 saturated carbocycles. The van der Waals surface area contributed by atoms with Crippen molar-refractivity contribution in [3.63, 3.8) is 0 Å². The zero-order valence-electron chi connectivity index (χ0n) is 17.0. The number of fused-ring (bicyclic) bond motifs is 1. The molecular weight excluding hydrogens is 366 g/mol. The van der Waals surface area contributed by atoms with E-state index in [1.807, 2.05) is 30.5 Å². The molecule has 152 valence electrons. The third-order valence-corrected chi connectivity index (χ3v) is 5.71. The van der Waals surface area contributed by atoms with Crippen molar-refractivity contribution in [1.82, 2.24) is 15.2 Å². The molecule has 1 N–H and O–H groups in total. The van der Waals surface area contributed by atoms with Gasteiger partial charge in [0.15, 0.2) is 0 Å². The van der Waals surface area contributed by atoms with Crippen LogP contribution in [-0.4, -0.2) is 61.5 Å². The molecule has 2 aliphatic rings. The van der Waals surface area contributed by atoms with E-state index in [0.29, 0.717) is 18.7 Å².